The number of carbonyl (C=O) groups is 1. The highest BCUT2D eigenvalue weighted by molar-refractivity contribution is 6.01. The van der Waals surface area contributed by atoms with Crippen LogP contribution >= 0.6 is 0 Å². The Morgan fingerprint density at radius 3 is 2.65 bits per heavy atom. The molecule has 1 fully saturated rings. The van der Waals surface area contributed by atoms with Gasteiger partial charge in [-0.1, -0.05) is 6.07 Å². The van der Waals surface area contributed by atoms with Gasteiger partial charge in [0.1, 0.15) is 5.69 Å². The Bertz CT molecular complexity index is 524. The number of carbonyl (C=O) groups excluding carboxylic acids is 1. The van der Waals surface area contributed by atoms with Gasteiger partial charge in [0.25, 0.3) is 11.6 Å². The normalized spacial score (nSPS) is 16.0. The summed E-state index contributed by atoms with van der Waals surface area (Å²) in [6, 6.07) is 4.44. The van der Waals surface area contributed by atoms with Crippen molar-refractivity contribution in [3.63, 3.8) is 0 Å². The second-order valence-electron chi connectivity index (χ2n) is 4.73. The summed E-state index contributed by atoms with van der Waals surface area (Å²) < 4.78 is 0. The van der Waals surface area contributed by atoms with Crippen LogP contribution in [0.5, 0.6) is 0 Å². The molecule has 108 valence electrons. The molecule has 1 aromatic carbocycles. The van der Waals surface area contributed by atoms with E-state index in [9.17, 15) is 20.0 Å². The van der Waals surface area contributed by atoms with E-state index in [1.165, 1.54) is 12.1 Å². The van der Waals surface area contributed by atoms with Gasteiger partial charge in [0.2, 0.25) is 0 Å². The van der Waals surface area contributed by atoms with E-state index in [2.05, 4.69) is 5.32 Å². The van der Waals surface area contributed by atoms with Crippen LogP contribution in [-0.4, -0.2) is 47.1 Å². The Labute approximate surface area is 116 Å². The molecule has 0 aromatic heterocycles. The number of amides is 1. The maximum absolute atomic E-state index is 12.4. The molecule has 1 amide bonds. The van der Waals surface area contributed by atoms with Crippen molar-refractivity contribution >= 4 is 17.3 Å². The highest BCUT2D eigenvalue weighted by Gasteiger charge is 2.26. The van der Waals surface area contributed by atoms with Gasteiger partial charge in [0, 0.05) is 26.2 Å². The summed E-state index contributed by atoms with van der Waals surface area (Å²) in [6.45, 7) is 0.928. The van der Waals surface area contributed by atoms with Crippen molar-refractivity contribution in [1.29, 1.82) is 0 Å². The van der Waals surface area contributed by atoms with Crippen molar-refractivity contribution in [3.8, 4) is 0 Å². The minimum absolute atomic E-state index is 0.115. The number of benzene rings is 1. The number of nitrogens with zero attached hydrogens (tertiary/aromatic N) is 2. The lowest BCUT2D eigenvalue weighted by Crippen LogP contribution is -2.40. The average Bonchev–Trinajstić information content (AvgIpc) is 2.46. The smallest absolute Gasteiger partial charge is 0.293 e. The second-order valence-corrected chi connectivity index (χ2v) is 4.73. The fourth-order valence-electron chi connectivity index (χ4n) is 2.37. The molecule has 1 aliphatic rings. The van der Waals surface area contributed by atoms with E-state index in [1.807, 2.05) is 0 Å². The third kappa shape index (κ3) is 2.72. The molecule has 2 N–H and O–H groups in total. The average molecular weight is 279 g/mol. The van der Waals surface area contributed by atoms with Crippen molar-refractivity contribution in [2.24, 2.45) is 0 Å². The maximum Gasteiger partial charge on any atom is 0.293 e. The van der Waals surface area contributed by atoms with Crippen LogP contribution in [0.3, 0.4) is 0 Å². The minimum Gasteiger partial charge on any atom is -0.393 e. The molecule has 7 heteroatoms. The number of hydrogen-bond donors (Lipinski definition) is 2. The van der Waals surface area contributed by atoms with Gasteiger partial charge in [-0.15, -0.1) is 0 Å². The monoisotopic (exact) mass is 279 g/mol. The molecular formula is C13H17N3O4. The van der Waals surface area contributed by atoms with Crippen molar-refractivity contribution in [2.75, 3.05) is 25.5 Å². The van der Waals surface area contributed by atoms with Crippen LogP contribution < -0.4 is 5.32 Å². The van der Waals surface area contributed by atoms with Gasteiger partial charge < -0.3 is 15.3 Å². The number of piperidine rings is 1. The Morgan fingerprint density at radius 2 is 2.10 bits per heavy atom. The fourth-order valence-corrected chi connectivity index (χ4v) is 2.37. The summed E-state index contributed by atoms with van der Waals surface area (Å²) in [7, 11) is 1.55. The molecule has 0 aliphatic carbocycles. The number of anilines is 1. The van der Waals surface area contributed by atoms with E-state index >= 15 is 0 Å². The molecule has 1 heterocycles. The summed E-state index contributed by atoms with van der Waals surface area (Å²) in [6.07, 6.45) is 0.707. The number of nitro benzene ring substituents is 1. The first-order valence-corrected chi connectivity index (χ1v) is 6.47. The standard InChI is InChI=1S/C13H17N3O4/c1-14-12-10(3-2-4-11(12)16(19)20)13(18)15-7-5-9(17)6-8-15/h2-4,9,14,17H,5-8H2,1H3. The van der Waals surface area contributed by atoms with Crippen LogP contribution in [0.4, 0.5) is 11.4 Å². The summed E-state index contributed by atoms with van der Waals surface area (Å²) in [5.74, 6) is -0.245. The van der Waals surface area contributed by atoms with Crippen molar-refractivity contribution < 1.29 is 14.8 Å². The molecule has 1 saturated heterocycles. The van der Waals surface area contributed by atoms with Gasteiger partial charge in [0.05, 0.1) is 16.6 Å². The first-order valence-electron chi connectivity index (χ1n) is 6.47. The highest BCUT2D eigenvalue weighted by Crippen LogP contribution is 2.29. The first-order chi connectivity index (χ1) is 9.54. The van der Waals surface area contributed by atoms with Crippen LogP contribution in [-0.2, 0) is 0 Å². The molecule has 0 bridgehead atoms. The molecule has 7 nitrogen and oxygen atoms in total. The van der Waals surface area contributed by atoms with Gasteiger partial charge in [0.15, 0.2) is 0 Å². The molecular weight excluding hydrogens is 262 g/mol. The Morgan fingerprint density at radius 1 is 1.45 bits per heavy atom. The first kappa shape index (κ1) is 14.3. The summed E-state index contributed by atoms with van der Waals surface area (Å²) in [5.41, 5.74) is 0.405. The largest absolute Gasteiger partial charge is 0.393 e. The van der Waals surface area contributed by atoms with Gasteiger partial charge in [-0.05, 0) is 18.9 Å². The van der Waals surface area contributed by atoms with Crippen LogP contribution in [0.1, 0.15) is 23.2 Å². The molecule has 2 rings (SSSR count). The van der Waals surface area contributed by atoms with E-state index in [0.717, 1.165) is 0 Å². The number of nitro groups is 1. The number of likely N-dealkylation sites (tertiary alicyclic amines) is 1. The lowest BCUT2D eigenvalue weighted by Gasteiger charge is -2.30. The number of hydrogen-bond acceptors (Lipinski definition) is 5. The third-order valence-corrected chi connectivity index (χ3v) is 3.47. The molecule has 0 spiro atoms. The molecule has 20 heavy (non-hydrogen) atoms. The predicted molar refractivity (Wildman–Crippen MR) is 73.8 cm³/mol. The number of nitrogens with one attached hydrogen (secondary N) is 1. The van der Waals surface area contributed by atoms with E-state index < -0.39 is 4.92 Å². The second kappa shape index (κ2) is 5.87. The third-order valence-electron chi connectivity index (χ3n) is 3.47. The topological polar surface area (TPSA) is 95.7 Å². The summed E-state index contributed by atoms with van der Waals surface area (Å²) >= 11 is 0. The lowest BCUT2D eigenvalue weighted by atomic mass is 10.0. The Balaban J connectivity index is 2.30. The van der Waals surface area contributed by atoms with Crippen LogP contribution in [0.15, 0.2) is 18.2 Å². The zero-order chi connectivity index (χ0) is 14.7. The number of aliphatic hydroxyl groups excluding tert-OH is 1. The van der Waals surface area contributed by atoms with Crippen molar-refractivity contribution in [3.05, 3.63) is 33.9 Å². The maximum atomic E-state index is 12.4. The number of para-hydroxylation sites is 1. The highest BCUT2D eigenvalue weighted by atomic mass is 16.6. The van der Waals surface area contributed by atoms with E-state index in [1.54, 1.807) is 18.0 Å². The molecule has 1 aromatic rings. The Kier molecular flexibility index (Phi) is 4.19. The minimum atomic E-state index is -0.511. The molecule has 0 saturated carbocycles. The predicted octanol–water partition coefficient (Wildman–Crippen LogP) is 1.23. The zero-order valence-electron chi connectivity index (χ0n) is 11.2. The summed E-state index contributed by atoms with van der Waals surface area (Å²) in [4.78, 5) is 24.5. The molecule has 1 aliphatic heterocycles. The van der Waals surface area contributed by atoms with Gasteiger partial charge in [-0.25, -0.2) is 0 Å². The number of rotatable bonds is 3. The molecule has 0 unspecified atom stereocenters. The van der Waals surface area contributed by atoms with Gasteiger partial charge >= 0.3 is 0 Å². The van der Waals surface area contributed by atoms with Gasteiger partial charge in [-0.3, -0.25) is 14.9 Å². The van der Waals surface area contributed by atoms with Crippen LogP contribution in [0, 0.1) is 10.1 Å². The van der Waals surface area contributed by atoms with Gasteiger partial charge in [-0.2, -0.15) is 0 Å². The quantitative estimate of drug-likeness (QED) is 0.641. The van der Waals surface area contributed by atoms with Crippen molar-refractivity contribution in [2.45, 2.75) is 18.9 Å². The van der Waals surface area contributed by atoms with E-state index in [4.69, 9.17) is 0 Å². The van der Waals surface area contributed by atoms with Crippen LogP contribution in [0.2, 0.25) is 0 Å². The molecule has 0 radical (unpaired) electrons. The van der Waals surface area contributed by atoms with E-state index in [-0.39, 0.29) is 28.9 Å². The van der Waals surface area contributed by atoms with Crippen molar-refractivity contribution in [1.82, 2.24) is 4.90 Å². The Hall–Kier alpha value is -2.15. The van der Waals surface area contributed by atoms with Crippen LogP contribution in [0.25, 0.3) is 0 Å². The molecule has 0 atom stereocenters. The lowest BCUT2D eigenvalue weighted by molar-refractivity contribution is -0.384. The SMILES string of the molecule is CNc1c(C(=O)N2CCC(O)CC2)cccc1[N+](=O)[O-]. The zero-order valence-corrected chi connectivity index (χ0v) is 11.2. The fraction of sp³-hybridized carbons (Fsp3) is 0.462. The number of aliphatic hydroxyl groups is 1. The summed E-state index contributed by atoms with van der Waals surface area (Å²) in [5, 5.41) is 23.2. The van der Waals surface area contributed by atoms with E-state index in [0.29, 0.717) is 25.9 Å².